The molecular formula is C26H29F3N4O2. The highest BCUT2D eigenvalue weighted by Crippen LogP contribution is 2.29. The number of halogens is 3. The lowest BCUT2D eigenvalue weighted by atomic mass is 9.97. The molecule has 3 aromatic rings. The van der Waals surface area contributed by atoms with Crippen molar-refractivity contribution in [1.29, 1.82) is 0 Å². The van der Waals surface area contributed by atoms with Crippen molar-refractivity contribution >= 4 is 22.6 Å². The van der Waals surface area contributed by atoms with Crippen molar-refractivity contribution in [3.63, 3.8) is 0 Å². The lowest BCUT2D eigenvalue weighted by Crippen LogP contribution is -2.49. The van der Waals surface area contributed by atoms with Crippen LogP contribution in [0.15, 0.2) is 60.8 Å². The molecule has 3 rings (SSSR count). The lowest BCUT2D eigenvalue weighted by molar-refractivity contribution is -0.137. The number of hydrogen-bond donors (Lipinski definition) is 3. The number of alkyl halides is 3. The Hall–Kier alpha value is -3.30. The molecule has 0 fully saturated rings. The van der Waals surface area contributed by atoms with Crippen molar-refractivity contribution in [2.75, 3.05) is 6.54 Å². The van der Waals surface area contributed by atoms with E-state index in [0.29, 0.717) is 36.9 Å². The molecule has 1 aromatic heterocycles. The highest BCUT2D eigenvalue weighted by molar-refractivity contribution is 5.92. The summed E-state index contributed by atoms with van der Waals surface area (Å²) in [4.78, 5) is 30.1. The number of aryl methyl sites for hydroxylation is 1. The molecule has 0 unspecified atom stereocenters. The van der Waals surface area contributed by atoms with Crippen LogP contribution >= 0.6 is 0 Å². The number of pyridine rings is 1. The number of nitrogens with one attached hydrogen (secondary N) is 1. The number of aromatic nitrogens is 1. The van der Waals surface area contributed by atoms with Gasteiger partial charge in [-0.25, -0.2) is 0 Å². The summed E-state index contributed by atoms with van der Waals surface area (Å²) in [7, 11) is 0. The van der Waals surface area contributed by atoms with Crippen LogP contribution < -0.4 is 16.8 Å². The summed E-state index contributed by atoms with van der Waals surface area (Å²) < 4.78 is 38.5. The third-order valence-corrected chi connectivity index (χ3v) is 5.79. The van der Waals surface area contributed by atoms with Gasteiger partial charge in [0.25, 0.3) is 0 Å². The fourth-order valence-electron chi connectivity index (χ4n) is 3.77. The van der Waals surface area contributed by atoms with Crippen LogP contribution in [0.25, 0.3) is 10.9 Å². The molecule has 5 N–H and O–H groups in total. The van der Waals surface area contributed by atoms with Crippen molar-refractivity contribution in [3.05, 3.63) is 77.5 Å². The Labute approximate surface area is 201 Å². The molecule has 0 aliphatic rings. The zero-order valence-electron chi connectivity index (χ0n) is 19.2. The quantitative estimate of drug-likeness (QED) is 0.384. The maximum absolute atomic E-state index is 13.2. The van der Waals surface area contributed by atoms with Gasteiger partial charge < -0.3 is 16.8 Å². The molecule has 0 radical (unpaired) electrons. The molecule has 1 amide bonds. The Kier molecular flexibility index (Phi) is 8.95. The van der Waals surface area contributed by atoms with Gasteiger partial charge in [-0.15, -0.1) is 0 Å². The van der Waals surface area contributed by atoms with Crippen LogP contribution in [0.5, 0.6) is 0 Å². The minimum atomic E-state index is -4.42. The molecule has 9 heteroatoms. The molecule has 0 aliphatic heterocycles. The maximum atomic E-state index is 13.2. The first kappa shape index (κ1) is 26.3. The molecule has 35 heavy (non-hydrogen) atoms. The Morgan fingerprint density at radius 2 is 1.71 bits per heavy atom. The van der Waals surface area contributed by atoms with Gasteiger partial charge in [0.05, 0.1) is 23.2 Å². The highest BCUT2D eigenvalue weighted by atomic mass is 19.4. The fourth-order valence-corrected chi connectivity index (χ4v) is 3.77. The monoisotopic (exact) mass is 486 g/mol. The van der Waals surface area contributed by atoms with E-state index in [1.54, 1.807) is 6.20 Å². The van der Waals surface area contributed by atoms with Crippen LogP contribution in [0.1, 0.15) is 36.0 Å². The summed E-state index contributed by atoms with van der Waals surface area (Å²) in [6.07, 6.45) is -1.25. The Morgan fingerprint density at radius 3 is 2.40 bits per heavy atom. The van der Waals surface area contributed by atoms with Crippen LogP contribution in [0, 0.1) is 0 Å². The molecule has 0 saturated carbocycles. The number of nitrogens with zero attached hydrogens (tertiary/aromatic N) is 1. The van der Waals surface area contributed by atoms with E-state index in [9.17, 15) is 22.8 Å². The molecular weight excluding hydrogens is 457 g/mol. The van der Waals surface area contributed by atoms with Crippen LogP contribution in [-0.4, -0.2) is 35.3 Å². The second-order valence-electron chi connectivity index (χ2n) is 8.51. The smallest absolute Gasteiger partial charge is 0.345 e. The Balaban J connectivity index is 1.72. The first-order valence-corrected chi connectivity index (χ1v) is 11.5. The summed E-state index contributed by atoms with van der Waals surface area (Å²) >= 11 is 0. The number of fused-ring (bicyclic) bond motifs is 1. The van der Waals surface area contributed by atoms with Crippen LogP contribution in [-0.2, 0) is 28.6 Å². The highest BCUT2D eigenvalue weighted by Gasteiger charge is 2.30. The third-order valence-electron chi connectivity index (χ3n) is 5.79. The second-order valence-corrected chi connectivity index (χ2v) is 8.51. The number of para-hydroxylation sites is 1. The van der Waals surface area contributed by atoms with E-state index < -0.39 is 29.7 Å². The summed E-state index contributed by atoms with van der Waals surface area (Å²) in [6, 6.07) is 12.5. The number of nitrogens with two attached hydrogens (primary N) is 2. The van der Waals surface area contributed by atoms with Crippen LogP contribution in [0.4, 0.5) is 13.2 Å². The van der Waals surface area contributed by atoms with Crippen LogP contribution in [0.3, 0.4) is 0 Å². The standard InChI is InChI=1S/C26H29F3N4O2/c27-26(28,29)20-10-7-17(8-11-20)9-12-23(33-25(35)21(31)5-3-13-30)24(34)15-18-14-19-4-1-2-6-22(19)32-16-18/h1-2,4,6-8,10-11,14,16,21,23H,3,5,9,12-13,15,30-31H2,(H,33,35)/t21-,23+/m0/s1. The summed E-state index contributed by atoms with van der Waals surface area (Å²) in [6.45, 7) is 0.395. The predicted octanol–water partition coefficient (Wildman–Crippen LogP) is 3.55. The zero-order valence-corrected chi connectivity index (χ0v) is 19.2. The van der Waals surface area contributed by atoms with Gasteiger partial charge in [-0.1, -0.05) is 30.3 Å². The van der Waals surface area contributed by atoms with Crippen molar-refractivity contribution in [2.24, 2.45) is 11.5 Å². The minimum absolute atomic E-state index is 0.0494. The first-order valence-electron chi connectivity index (χ1n) is 11.5. The van der Waals surface area contributed by atoms with Gasteiger partial charge in [0.1, 0.15) is 0 Å². The number of benzene rings is 2. The van der Waals surface area contributed by atoms with Crippen molar-refractivity contribution < 1.29 is 22.8 Å². The summed E-state index contributed by atoms with van der Waals surface area (Å²) in [5.41, 5.74) is 12.8. The van der Waals surface area contributed by atoms with Crippen molar-refractivity contribution in [2.45, 2.75) is 50.4 Å². The molecule has 2 atom stereocenters. The number of Topliss-reactive ketones (excluding diaryl/α,β-unsaturated/α-hetero) is 1. The van der Waals surface area contributed by atoms with Crippen molar-refractivity contribution in [3.8, 4) is 0 Å². The van der Waals surface area contributed by atoms with Gasteiger partial charge in [0.2, 0.25) is 5.91 Å². The van der Waals surface area contributed by atoms with Gasteiger partial charge in [-0.2, -0.15) is 13.2 Å². The van der Waals surface area contributed by atoms with E-state index >= 15 is 0 Å². The second kappa shape index (κ2) is 11.9. The predicted molar refractivity (Wildman–Crippen MR) is 128 cm³/mol. The van der Waals surface area contributed by atoms with E-state index in [0.717, 1.165) is 23.0 Å². The molecule has 0 spiro atoms. The van der Waals surface area contributed by atoms with Gasteiger partial charge in [-0.05, 0) is 67.6 Å². The summed E-state index contributed by atoms with van der Waals surface area (Å²) in [5.74, 6) is -0.686. The first-order chi connectivity index (χ1) is 16.7. The maximum Gasteiger partial charge on any atom is 0.416 e. The van der Waals surface area contributed by atoms with Gasteiger partial charge in [0, 0.05) is 18.0 Å². The topological polar surface area (TPSA) is 111 Å². The normalized spacial score (nSPS) is 13.4. The number of carbonyl (C=O) groups excluding carboxylic acids is 2. The van der Waals surface area contributed by atoms with E-state index in [4.69, 9.17) is 11.5 Å². The molecule has 186 valence electrons. The zero-order chi connectivity index (χ0) is 25.4. The molecule has 2 aromatic carbocycles. The number of hydrogen-bond acceptors (Lipinski definition) is 5. The average molecular weight is 487 g/mol. The Morgan fingerprint density at radius 1 is 1.00 bits per heavy atom. The van der Waals surface area contributed by atoms with E-state index in [2.05, 4.69) is 10.3 Å². The summed E-state index contributed by atoms with van der Waals surface area (Å²) in [5, 5.41) is 3.63. The van der Waals surface area contributed by atoms with Crippen molar-refractivity contribution in [1.82, 2.24) is 10.3 Å². The van der Waals surface area contributed by atoms with Gasteiger partial charge in [-0.3, -0.25) is 14.6 Å². The number of carbonyl (C=O) groups is 2. The molecule has 0 bridgehead atoms. The van der Waals surface area contributed by atoms with E-state index in [1.807, 2.05) is 30.3 Å². The molecule has 0 saturated heterocycles. The number of amides is 1. The fraction of sp³-hybridized carbons (Fsp3) is 0.346. The SMILES string of the molecule is NCCC[C@H](N)C(=O)N[C@H](CCc1ccc(C(F)(F)F)cc1)C(=O)Cc1cnc2ccccc2c1. The Bertz CT molecular complexity index is 1150. The van der Waals surface area contributed by atoms with Gasteiger partial charge >= 0.3 is 6.18 Å². The van der Waals surface area contributed by atoms with Crippen LogP contribution in [0.2, 0.25) is 0 Å². The van der Waals surface area contributed by atoms with E-state index in [-0.39, 0.29) is 18.6 Å². The van der Waals surface area contributed by atoms with E-state index in [1.165, 1.54) is 12.1 Å². The molecule has 0 aliphatic carbocycles. The number of rotatable bonds is 11. The lowest BCUT2D eigenvalue weighted by Gasteiger charge is -2.20. The molecule has 1 heterocycles. The molecule has 6 nitrogen and oxygen atoms in total. The largest absolute Gasteiger partial charge is 0.416 e. The van der Waals surface area contributed by atoms with Gasteiger partial charge in [0.15, 0.2) is 5.78 Å². The minimum Gasteiger partial charge on any atom is -0.345 e. The third kappa shape index (κ3) is 7.60. The number of ketones is 1. The average Bonchev–Trinajstić information content (AvgIpc) is 2.84.